The van der Waals surface area contributed by atoms with Crippen molar-refractivity contribution in [2.24, 2.45) is 5.41 Å². The standard InChI is InChI=1S/C14H20ClNO/c1-3-16-10-14(6-7-14)9-11-8-12(15)4-5-13(11)17-2/h4-5,8,16H,3,6-7,9-10H2,1-2H3. The van der Waals surface area contributed by atoms with E-state index in [-0.39, 0.29) is 0 Å². The van der Waals surface area contributed by atoms with E-state index in [0.29, 0.717) is 5.41 Å². The van der Waals surface area contributed by atoms with Crippen LogP contribution in [-0.2, 0) is 6.42 Å². The SMILES string of the molecule is CCNCC1(Cc2cc(Cl)ccc2OC)CC1. The molecule has 0 amide bonds. The van der Waals surface area contributed by atoms with Gasteiger partial charge in [0.15, 0.2) is 0 Å². The van der Waals surface area contributed by atoms with Gasteiger partial charge in [-0.2, -0.15) is 0 Å². The molecule has 2 nitrogen and oxygen atoms in total. The van der Waals surface area contributed by atoms with E-state index in [4.69, 9.17) is 16.3 Å². The molecule has 1 saturated carbocycles. The molecular formula is C14H20ClNO. The summed E-state index contributed by atoms with van der Waals surface area (Å²) in [6, 6.07) is 5.88. The molecule has 0 aliphatic heterocycles. The largest absolute Gasteiger partial charge is 0.496 e. The molecule has 0 spiro atoms. The molecule has 1 aromatic rings. The highest BCUT2D eigenvalue weighted by Crippen LogP contribution is 2.49. The Morgan fingerprint density at radius 3 is 2.76 bits per heavy atom. The lowest BCUT2D eigenvalue weighted by molar-refractivity contribution is 0.397. The molecule has 1 N–H and O–H groups in total. The fourth-order valence-corrected chi connectivity index (χ4v) is 2.47. The summed E-state index contributed by atoms with van der Waals surface area (Å²) in [5, 5.41) is 4.24. The molecule has 1 fully saturated rings. The maximum absolute atomic E-state index is 6.06. The third kappa shape index (κ3) is 3.14. The Morgan fingerprint density at radius 2 is 2.18 bits per heavy atom. The lowest BCUT2D eigenvalue weighted by Crippen LogP contribution is -2.25. The quantitative estimate of drug-likeness (QED) is 0.840. The average Bonchev–Trinajstić information content (AvgIpc) is 3.07. The fraction of sp³-hybridized carbons (Fsp3) is 0.571. The van der Waals surface area contributed by atoms with Gasteiger partial charge in [-0.3, -0.25) is 0 Å². The molecule has 17 heavy (non-hydrogen) atoms. The van der Waals surface area contributed by atoms with E-state index in [0.717, 1.165) is 30.3 Å². The molecule has 0 aromatic heterocycles. The van der Waals surface area contributed by atoms with E-state index in [1.807, 2.05) is 18.2 Å². The van der Waals surface area contributed by atoms with Crippen LogP contribution in [0.1, 0.15) is 25.3 Å². The number of hydrogen-bond acceptors (Lipinski definition) is 2. The summed E-state index contributed by atoms with van der Waals surface area (Å²) in [6.07, 6.45) is 3.66. The van der Waals surface area contributed by atoms with E-state index < -0.39 is 0 Å². The highest BCUT2D eigenvalue weighted by atomic mass is 35.5. The van der Waals surface area contributed by atoms with Crippen molar-refractivity contribution < 1.29 is 4.74 Å². The van der Waals surface area contributed by atoms with Crippen molar-refractivity contribution in [3.63, 3.8) is 0 Å². The summed E-state index contributed by atoms with van der Waals surface area (Å²) >= 11 is 6.06. The zero-order valence-corrected chi connectivity index (χ0v) is 11.3. The monoisotopic (exact) mass is 253 g/mol. The first-order chi connectivity index (χ1) is 8.19. The van der Waals surface area contributed by atoms with Gasteiger partial charge < -0.3 is 10.1 Å². The van der Waals surface area contributed by atoms with Gasteiger partial charge in [0.05, 0.1) is 7.11 Å². The Balaban J connectivity index is 2.09. The predicted molar refractivity (Wildman–Crippen MR) is 71.9 cm³/mol. The number of halogens is 1. The van der Waals surface area contributed by atoms with Crippen LogP contribution in [0.4, 0.5) is 0 Å². The van der Waals surface area contributed by atoms with Gasteiger partial charge in [0.1, 0.15) is 5.75 Å². The number of rotatable bonds is 6. The Bertz CT molecular complexity index is 388. The Morgan fingerprint density at radius 1 is 1.41 bits per heavy atom. The van der Waals surface area contributed by atoms with Crippen LogP contribution in [-0.4, -0.2) is 20.2 Å². The smallest absolute Gasteiger partial charge is 0.122 e. The first-order valence-electron chi connectivity index (χ1n) is 6.22. The molecule has 2 rings (SSSR count). The van der Waals surface area contributed by atoms with Crippen LogP contribution in [0, 0.1) is 5.41 Å². The lowest BCUT2D eigenvalue weighted by Gasteiger charge is -2.17. The summed E-state index contributed by atoms with van der Waals surface area (Å²) in [6.45, 7) is 4.28. The number of benzene rings is 1. The van der Waals surface area contributed by atoms with Gasteiger partial charge in [-0.05, 0) is 55.0 Å². The van der Waals surface area contributed by atoms with Crippen molar-refractivity contribution in [2.75, 3.05) is 20.2 Å². The maximum atomic E-state index is 6.06. The van der Waals surface area contributed by atoms with Crippen LogP contribution >= 0.6 is 11.6 Å². The minimum atomic E-state index is 0.438. The molecular weight excluding hydrogens is 234 g/mol. The van der Waals surface area contributed by atoms with Gasteiger partial charge in [-0.15, -0.1) is 0 Å². The predicted octanol–water partition coefficient (Wildman–Crippen LogP) is 3.28. The van der Waals surface area contributed by atoms with Crippen LogP contribution in [0.15, 0.2) is 18.2 Å². The first-order valence-corrected chi connectivity index (χ1v) is 6.60. The number of ether oxygens (including phenoxy) is 1. The number of nitrogens with one attached hydrogen (secondary N) is 1. The topological polar surface area (TPSA) is 21.3 Å². The van der Waals surface area contributed by atoms with Gasteiger partial charge >= 0.3 is 0 Å². The lowest BCUT2D eigenvalue weighted by atomic mass is 9.95. The molecule has 1 aliphatic rings. The molecule has 0 radical (unpaired) electrons. The second kappa shape index (κ2) is 5.28. The summed E-state index contributed by atoms with van der Waals surface area (Å²) in [7, 11) is 1.72. The van der Waals surface area contributed by atoms with E-state index in [2.05, 4.69) is 12.2 Å². The van der Waals surface area contributed by atoms with Crippen molar-refractivity contribution in [2.45, 2.75) is 26.2 Å². The van der Waals surface area contributed by atoms with Gasteiger partial charge in [-0.25, -0.2) is 0 Å². The Labute approximate surface area is 108 Å². The minimum absolute atomic E-state index is 0.438. The third-order valence-corrected chi connectivity index (χ3v) is 3.75. The molecule has 1 aliphatic carbocycles. The van der Waals surface area contributed by atoms with Crippen molar-refractivity contribution >= 4 is 11.6 Å². The molecule has 0 saturated heterocycles. The van der Waals surface area contributed by atoms with Gasteiger partial charge in [0.25, 0.3) is 0 Å². The second-order valence-corrected chi connectivity index (χ2v) is 5.35. The Kier molecular flexibility index (Phi) is 3.95. The minimum Gasteiger partial charge on any atom is -0.496 e. The summed E-state index contributed by atoms with van der Waals surface area (Å²) in [5.74, 6) is 0.956. The first kappa shape index (κ1) is 12.7. The molecule has 0 heterocycles. The van der Waals surface area contributed by atoms with Gasteiger partial charge in [0, 0.05) is 11.6 Å². The fourth-order valence-electron chi connectivity index (χ4n) is 2.27. The normalized spacial score (nSPS) is 16.9. The van der Waals surface area contributed by atoms with Gasteiger partial charge in [-0.1, -0.05) is 18.5 Å². The highest BCUT2D eigenvalue weighted by Gasteiger charge is 2.42. The van der Waals surface area contributed by atoms with Crippen LogP contribution < -0.4 is 10.1 Å². The molecule has 0 unspecified atom stereocenters. The third-order valence-electron chi connectivity index (χ3n) is 3.52. The van der Waals surface area contributed by atoms with E-state index in [1.54, 1.807) is 7.11 Å². The number of hydrogen-bond donors (Lipinski definition) is 1. The summed E-state index contributed by atoms with van der Waals surface area (Å²) in [5.41, 5.74) is 1.67. The summed E-state index contributed by atoms with van der Waals surface area (Å²) in [4.78, 5) is 0. The van der Waals surface area contributed by atoms with Crippen LogP contribution in [0.3, 0.4) is 0 Å². The number of methoxy groups -OCH3 is 1. The zero-order valence-electron chi connectivity index (χ0n) is 10.6. The van der Waals surface area contributed by atoms with Crippen LogP contribution in [0.5, 0.6) is 5.75 Å². The molecule has 94 valence electrons. The molecule has 0 bridgehead atoms. The van der Waals surface area contributed by atoms with Crippen molar-refractivity contribution in [3.8, 4) is 5.75 Å². The van der Waals surface area contributed by atoms with Crippen molar-refractivity contribution in [1.82, 2.24) is 5.32 Å². The van der Waals surface area contributed by atoms with E-state index >= 15 is 0 Å². The molecule has 0 atom stereocenters. The Hall–Kier alpha value is -0.730. The maximum Gasteiger partial charge on any atom is 0.122 e. The van der Waals surface area contributed by atoms with Crippen molar-refractivity contribution in [1.29, 1.82) is 0 Å². The van der Waals surface area contributed by atoms with E-state index in [9.17, 15) is 0 Å². The van der Waals surface area contributed by atoms with Crippen molar-refractivity contribution in [3.05, 3.63) is 28.8 Å². The summed E-state index contributed by atoms with van der Waals surface area (Å²) < 4.78 is 5.40. The highest BCUT2D eigenvalue weighted by molar-refractivity contribution is 6.30. The second-order valence-electron chi connectivity index (χ2n) is 4.91. The van der Waals surface area contributed by atoms with Crippen LogP contribution in [0.25, 0.3) is 0 Å². The van der Waals surface area contributed by atoms with Crippen LogP contribution in [0.2, 0.25) is 5.02 Å². The zero-order chi connectivity index (χ0) is 12.3. The van der Waals surface area contributed by atoms with E-state index in [1.165, 1.54) is 18.4 Å². The molecule has 1 aromatic carbocycles. The van der Waals surface area contributed by atoms with Gasteiger partial charge in [0.2, 0.25) is 0 Å². The molecule has 3 heteroatoms. The average molecular weight is 254 g/mol.